The molecule has 2 aromatic carbocycles. The highest BCUT2D eigenvalue weighted by molar-refractivity contribution is 5.80. The number of ether oxygens (including phenoxy) is 2. The smallest absolute Gasteiger partial charge is 0.224 e. The summed E-state index contributed by atoms with van der Waals surface area (Å²) in [6.45, 7) is 2.19. The third-order valence-electron chi connectivity index (χ3n) is 5.63. The molecule has 1 aliphatic rings. The average molecular weight is 409 g/mol. The Morgan fingerprint density at radius 2 is 2.03 bits per heavy atom. The molecule has 1 atom stereocenters. The van der Waals surface area contributed by atoms with E-state index in [1.54, 1.807) is 14.2 Å². The molecule has 158 valence electrons. The Labute approximate surface area is 176 Å². The number of hydrogen-bond donors (Lipinski definition) is 2. The van der Waals surface area contributed by atoms with E-state index in [-0.39, 0.29) is 11.8 Å². The zero-order valence-electron chi connectivity index (χ0n) is 17.5. The molecule has 1 saturated heterocycles. The molecule has 1 aliphatic heterocycles. The molecule has 4 rings (SSSR count). The minimum absolute atomic E-state index is 0.0302. The van der Waals surface area contributed by atoms with Gasteiger partial charge in [-0.25, -0.2) is 4.98 Å². The molecule has 7 nitrogen and oxygen atoms in total. The molecule has 0 unspecified atom stereocenters. The van der Waals surface area contributed by atoms with Crippen LogP contribution in [-0.4, -0.2) is 49.7 Å². The highest BCUT2D eigenvalue weighted by Gasteiger charge is 2.27. The molecule has 7 heteroatoms. The number of nitrogens with one attached hydrogen (secondary N) is 2. The molecule has 0 bridgehead atoms. The topological polar surface area (TPSA) is 79.5 Å². The number of benzene rings is 2. The third-order valence-corrected chi connectivity index (χ3v) is 5.63. The monoisotopic (exact) mass is 408 g/mol. The molecule has 1 aromatic heterocycles. The van der Waals surface area contributed by atoms with Crippen LogP contribution in [0, 0.1) is 5.92 Å². The van der Waals surface area contributed by atoms with Crippen molar-refractivity contribution in [2.75, 3.05) is 38.8 Å². The lowest BCUT2D eigenvalue weighted by molar-refractivity contribution is -0.125. The first-order valence-electron chi connectivity index (χ1n) is 10.4. The average Bonchev–Trinajstić information content (AvgIpc) is 3.23. The number of fused-ring (bicyclic) bond motifs is 1. The van der Waals surface area contributed by atoms with Gasteiger partial charge >= 0.3 is 0 Å². The Kier molecular flexibility index (Phi) is 6.07. The molecule has 3 aromatic rings. The Balaban J connectivity index is 1.32. The molecular weight excluding hydrogens is 380 g/mol. The maximum atomic E-state index is 12.7. The number of hydrogen-bond acceptors (Lipinski definition) is 5. The van der Waals surface area contributed by atoms with Gasteiger partial charge in [0.25, 0.3) is 0 Å². The van der Waals surface area contributed by atoms with Gasteiger partial charge in [0.15, 0.2) is 11.5 Å². The van der Waals surface area contributed by atoms with Crippen molar-refractivity contribution in [1.82, 2.24) is 15.3 Å². The number of para-hydroxylation sites is 2. The predicted molar refractivity (Wildman–Crippen MR) is 117 cm³/mol. The number of carbonyl (C=O) groups is 1. The summed E-state index contributed by atoms with van der Waals surface area (Å²) in [7, 11) is 3.25. The minimum atomic E-state index is -0.0302. The molecule has 30 heavy (non-hydrogen) atoms. The quantitative estimate of drug-likeness (QED) is 0.628. The first kappa shape index (κ1) is 20.1. The van der Waals surface area contributed by atoms with Crippen LogP contribution in [0.5, 0.6) is 11.5 Å². The Morgan fingerprint density at radius 1 is 1.20 bits per heavy atom. The Bertz CT molecular complexity index is 984. The Morgan fingerprint density at radius 3 is 2.83 bits per heavy atom. The summed E-state index contributed by atoms with van der Waals surface area (Å²) in [4.78, 5) is 23.0. The van der Waals surface area contributed by atoms with Crippen molar-refractivity contribution < 1.29 is 14.3 Å². The standard InChI is InChI=1S/C23H28N4O3/c1-29-20-10-9-16(14-21(20)30-2)11-12-24-22(28)17-6-5-13-27(15-17)23-25-18-7-3-4-8-19(18)26-23/h3-4,7-10,14,17H,5-6,11-13,15H2,1-2H3,(H,24,28)(H,25,26)/t17-/m1/s1. The second-order valence-corrected chi connectivity index (χ2v) is 7.59. The fraction of sp³-hybridized carbons (Fsp3) is 0.391. The Hall–Kier alpha value is -3.22. The minimum Gasteiger partial charge on any atom is -0.493 e. The summed E-state index contributed by atoms with van der Waals surface area (Å²) in [5.74, 6) is 2.33. The number of anilines is 1. The maximum absolute atomic E-state index is 12.7. The number of carbonyl (C=O) groups excluding carboxylic acids is 1. The zero-order valence-corrected chi connectivity index (χ0v) is 17.5. The number of nitrogens with zero attached hydrogens (tertiary/aromatic N) is 2. The van der Waals surface area contributed by atoms with Crippen LogP contribution in [0.1, 0.15) is 18.4 Å². The van der Waals surface area contributed by atoms with Crippen LogP contribution in [-0.2, 0) is 11.2 Å². The molecule has 2 heterocycles. The number of amides is 1. The van der Waals surface area contributed by atoms with Gasteiger partial charge in [-0.15, -0.1) is 0 Å². The normalized spacial score (nSPS) is 16.5. The summed E-state index contributed by atoms with van der Waals surface area (Å²) < 4.78 is 10.6. The van der Waals surface area contributed by atoms with E-state index in [0.717, 1.165) is 48.4 Å². The predicted octanol–water partition coefficient (Wildman–Crippen LogP) is 3.16. The summed E-state index contributed by atoms with van der Waals surface area (Å²) in [5, 5.41) is 3.10. The van der Waals surface area contributed by atoms with Gasteiger partial charge in [0.2, 0.25) is 11.9 Å². The lowest BCUT2D eigenvalue weighted by atomic mass is 9.97. The molecule has 2 N–H and O–H groups in total. The van der Waals surface area contributed by atoms with Gasteiger partial charge in [-0.3, -0.25) is 4.79 Å². The van der Waals surface area contributed by atoms with Crippen molar-refractivity contribution in [3.05, 3.63) is 48.0 Å². The number of aromatic amines is 1. The van der Waals surface area contributed by atoms with Gasteiger partial charge in [-0.1, -0.05) is 18.2 Å². The second-order valence-electron chi connectivity index (χ2n) is 7.59. The highest BCUT2D eigenvalue weighted by atomic mass is 16.5. The van der Waals surface area contributed by atoms with E-state index in [9.17, 15) is 4.79 Å². The van der Waals surface area contributed by atoms with Gasteiger partial charge < -0.3 is 24.7 Å². The van der Waals surface area contributed by atoms with Gasteiger partial charge in [-0.2, -0.15) is 0 Å². The molecule has 1 amide bonds. The van der Waals surface area contributed by atoms with E-state index in [4.69, 9.17) is 9.47 Å². The van der Waals surface area contributed by atoms with E-state index < -0.39 is 0 Å². The lowest BCUT2D eigenvalue weighted by Crippen LogP contribution is -2.43. The van der Waals surface area contributed by atoms with Crippen LogP contribution in [0.4, 0.5) is 5.95 Å². The summed E-state index contributed by atoms with van der Waals surface area (Å²) in [6, 6.07) is 13.8. The van der Waals surface area contributed by atoms with Crippen molar-refractivity contribution in [2.24, 2.45) is 5.92 Å². The van der Waals surface area contributed by atoms with Crippen LogP contribution in [0.25, 0.3) is 11.0 Å². The fourth-order valence-electron chi connectivity index (χ4n) is 3.98. The van der Waals surface area contributed by atoms with Crippen molar-refractivity contribution in [3.63, 3.8) is 0 Å². The van der Waals surface area contributed by atoms with Crippen LogP contribution in [0.15, 0.2) is 42.5 Å². The van der Waals surface area contributed by atoms with E-state index in [2.05, 4.69) is 20.2 Å². The molecule has 1 fully saturated rings. The number of methoxy groups -OCH3 is 2. The molecule has 0 radical (unpaired) electrons. The first-order valence-corrected chi connectivity index (χ1v) is 10.4. The van der Waals surface area contributed by atoms with E-state index in [1.165, 1.54) is 0 Å². The van der Waals surface area contributed by atoms with E-state index in [1.807, 2.05) is 42.5 Å². The second kappa shape index (κ2) is 9.07. The van der Waals surface area contributed by atoms with Crippen molar-refractivity contribution in [2.45, 2.75) is 19.3 Å². The highest BCUT2D eigenvalue weighted by Crippen LogP contribution is 2.28. The number of aromatic nitrogens is 2. The molecule has 0 aliphatic carbocycles. The number of imidazole rings is 1. The summed E-state index contributed by atoms with van der Waals surface area (Å²) in [5.41, 5.74) is 3.07. The van der Waals surface area contributed by atoms with E-state index >= 15 is 0 Å². The number of H-pyrrole nitrogens is 1. The van der Waals surface area contributed by atoms with Crippen molar-refractivity contribution in [3.8, 4) is 11.5 Å². The largest absolute Gasteiger partial charge is 0.493 e. The summed E-state index contributed by atoms with van der Waals surface area (Å²) >= 11 is 0. The van der Waals surface area contributed by atoms with Gasteiger partial charge in [0.05, 0.1) is 31.2 Å². The van der Waals surface area contributed by atoms with Crippen molar-refractivity contribution >= 4 is 22.9 Å². The summed E-state index contributed by atoms with van der Waals surface area (Å²) in [6.07, 6.45) is 2.62. The van der Waals surface area contributed by atoms with E-state index in [0.29, 0.717) is 24.6 Å². The van der Waals surface area contributed by atoms with Crippen LogP contribution >= 0.6 is 0 Å². The molecule has 0 saturated carbocycles. The molecular formula is C23H28N4O3. The zero-order chi connectivity index (χ0) is 20.9. The van der Waals surface area contributed by atoms with Gasteiger partial charge in [0.1, 0.15) is 0 Å². The molecule has 0 spiro atoms. The lowest BCUT2D eigenvalue weighted by Gasteiger charge is -2.31. The number of rotatable bonds is 7. The SMILES string of the molecule is COc1ccc(CCNC(=O)[C@@H]2CCCN(c3nc4ccccc4[nH]3)C2)cc1OC. The van der Waals surface area contributed by atoms with Crippen LogP contribution in [0.2, 0.25) is 0 Å². The van der Waals surface area contributed by atoms with Crippen molar-refractivity contribution in [1.29, 1.82) is 0 Å². The van der Waals surface area contributed by atoms with Crippen LogP contribution < -0.4 is 19.7 Å². The number of piperidine rings is 1. The van der Waals surface area contributed by atoms with Gasteiger partial charge in [-0.05, 0) is 49.1 Å². The van der Waals surface area contributed by atoms with Crippen LogP contribution in [0.3, 0.4) is 0 Å². The maximum Gasteiger partial charge on any atom is 0.224 e. The third kappa shape index (κ3) is 4.35. The first-order chi connectivity index (χ1) is 14.7. The fourth-order valence-corrected chi connectivity index (χ4v) is 3.98. The van der Waals surface area contributed by atoms with Gasteiger partial charge in [0, 0.05) is 19.6 Å².